The van der Waals surface area contributed by atoms with Crippen molar-refractivity contribution in [3.8, 4) is 11.5 Å². The van der Waals surface area contributed by atoms with Gasteiger partial charge in [0.25, 0.3) is 0 Å². The zero-order valence-corrected chi connectivity index (χ0v) is 11.9. The zero-order chi connectivity index (χ0) is 14.4. The van der Waals surface area contributed by atoms with Crippen molar-refractivity contribution in [3.05, 3.63) is 59.7 Å². The van der Waals surface area contributed by atoms with Gasteiger partial charge in [0.15, 0.2) is 0 Å². The minimum absolute atomic E-state index is 0.234. The standard InChI is InChI=1S/C17H20O3/c1-3-19-15-9-7-14(8-10-15)17(18)12-20-16-6-4-5-13(2)11-16/h4-11,17-18H,3,12H2,1-2H3. The molecule has 0 amide bonds. The lowest BCUT2D eigenvalue weighted by molar-refractivity contribution is 0.108. The Labute approximate surface area is 119 Å². The minimum atomic E-state index is -0.647. The van der Waals surface area contributed by atoms with Crippen LogP contribution < -0.4 is 9.47 Å². The van der Waals surface area contributed by atoms with E-state index in [2.05, 4.69) is 0 Å². The molecule has 2 aromatic rings. The predicted octanol–water partition coefficient (Wildman–Crippen LogP) is 3.51. The van der Waals surface area contributed by atoms with E-state index in [9.17, 15) is 5.11 Å². The molecular weight excluding hydrogens is 252 g/mol. The third-order valence-electron chi connectivity index (χ3n) is 2.97. The highest BCUT2D eigenvalue weighted by atomic mass is 16.5. The summed E-state index contributed by atoms with van der Waals surface area (Å²) in [6.07, 6.45) is -0.647. The summed E-state index contributed by atoms with van der Waals surface area (Å²) < 4.78 is 11.0. The van der Waals surface area contributed by atoms with E-state index in [0.29, 0.717) is 6.61 Å². The Bertz CT molecular complexity index is 534. The second-order valence-corrected chi connectivity index (χ2v) is 4.65. The molecule has 0 aromatic heterocycles. The lowest BCUT2D eigenvalue weighted by atomic mass is 10.1. The van der Waals surface area contributed by atoms with Crippen molar-refractivity contribution in [1.29, 1.82) is 0 Å². The maximum absolute atomic E-state index is 10.1. The molecule has 1 atom stereocenters. The van der Waals surface area contributed by atoms with E-state index >= 15 is 0 Å². The van der Waals surface area contributed by atoms with Crippen LogP contribution >= 0.6 is 0 Å². The topological polar surface area (TPSA) is 38.7 Å². The van der Waals surface area contributed by atoms with Gasteiger partial charge in [-0.2, -0.15) is 0 Å². The van der Waals surface area contributed by atoms with Crippen LogP contribution in [-0.2, 0) is 0 Å². The normalized spacial score (nSPS) is 11.9. The molecule has 3 nitrogen and oxygen atoms in total. The van der Waals surface area contributed by atoms with Gasteiger partial charge in [-0.05, 0) is 49.2 Å². The Kier molecular flexibility index (Phi) is 5.02. The summed E-state index contributed by atoms with van der Waals surface area (Å²) in [5.74, 6) is 1.58. The smallest absolute Gasteiger partial charge is 0.119 e. The first kappa shape index (κ1) is 14.4. The third kappa shape index (κ3) is 4.00. The van der Waals surface area contributed by atoms with Gasteiger partial charge in [0.05, 0.1) is 6.61 Å². The Hall–Kier alpha value is -2.00. The van der Waals surface area contributed by atoms with E-state index in [0.717, 1.165) is 22.6 Å². The molecule has 3 heteroatoms. The molecule has 0 aliphatic rings. The van der Waals surface area contributed by atoms with Crippen molar-refractivity contribution >= 4 is 0 Å². The summed E-state index contributed by atoms with van der Waals surface area (Å²) in [6, 6.07) is 15.2. The molecule has 0 spiro atoms. The molecule has 2 aromatic carbocycles. The molecule has 1 N–H and O–H groups in total. The van der Waals surface area contributed by atoms with Crippen molar-refractivity contribution in [1.82, 2.24) is 0 Å². The van der Waals surface area contributed by atoms with E-state index in [1.807, 2.05) is 62.4 Å². The minimum Gasteiger partial charge on any atom is -0.494 e. The fourth-order valence-electron chi connectivity index (χ4n) is 1.93. The van der Waals surface area contributed by atoms with Gasteiger partial charge in [-0.1, -0.05) is 24.3 Å². The first-order chi connectivity index (χ1) is 9.69. The number of aryl methyl sites for hydroxylation is 1. The number of benzene rings is 2. The highest BCUT2D eigenvalue weighted by Gasteiger charge is 2.08. The fourth-order valence-corrected chi connectivity index (χ4v) is 1.93. The van der Waals surface area contributed by atoms with Crippen molar-refractivity contribution in [3.63, 3.8) is 0 Å². The van der Waals surface area contributed by atoms with Crippen molar-refractivity contribution in [2.24, 2.45) is 0 Å². The lowest BCUT2D eigenvalue weighted by Crippen LogP contribution is -2.09. The highest BCUT2D eigenvalue weighted by molar-refractivity contribution is 5.29. The van der Waals surface area contributed by atoms with E-state index in [4.69, 9.17) is 9.47 Å². The fraction of sp³-hybridized carbons (Fsp3) is 0.294. The summed E-state index contributed by atoms with van der Waals surface area (Å²) in [7, 11) is 0. The molecule has 0 radical (unpaired) electrons. The second-order valence-electron chi connectivity index (χ2n) is 4.65. The SMILES string of the molecule is CCOc1ccc(C(O)COc2cccc(C)c2)cc1. The lowest BCUT2D eigenvalue weighted by Gasteiger charge is -2.13. The first-order valence-corrected chi connectivity index (χ1v) is 6.79. The van der Waals surface area contributed by atoms with E-state index < -0.39 is 6.10 Å². The van der Waals surface area contributed by atoms with Crippen LogP contribution in [0.25, 0.3) is 0 Å². The van der Waals surface area contributed by atoms with Crippen LogP contribution in [0.3, 0.4) is 0 Å². The third-order valence-corrected chi connectivity index (χ3v) is 2.97. The average molecular weight is 272 g/mol. The number of hydrogen-bond acceptors (Lipinski definition) is 3. The van der Waals surface area contributed by atoms with Gasteiger partial charge < -0.3 is 14.6 Å². The van der Waals surface area contributed by atoms with Gasteiger partial charge in [0, 0.05) is 0 Å². The van der Waals surface area contributed by atoms with Gasteiger partial charge in [0.1, 0.15) is 24.2 Å². The summed E-state index contributed by atoms with van der Waals surface area (Å²) >= 11 is 0. The van der Waals surface area contributed by atoms with Crippen molar-refractivity contribution in [2.45, 2.75) is 20.0 Å². The molecule has 106 valence electrons. The molecule has 0 heterocycles. The summed E-state index contributed by atoms with van der Waals surface area (Å²) in [5.41, 5.74) is 1.96. The molecule has 0 aliphatic heterocycles. The number of aliphatic hydroxyl groups is 1. The highest BCUT2D eigenvalue weighted by Crippen LogP contribution is 2.20. The molecule has 2 rings (SSSR count). The largest absolute Gasteiger partial charge is 0.494 e. The van der Waals surface area contributed by atoms with Crippen LogP contribution in [0.4, 0.5) is 0 Å². The molecule has 20 heavy (non-hydrogen) atoms. The summed E-state index contributed by atoms with van der Waals surface area (Å²) in [5, 5.41) is 10.1. The van der Waals surface area contributed by atoms with Gasteiger partial charge >= 0.3 is 0 Å². The average Bonchev–Trinajstić information content (AvgIpc) is 2.46. The van der Waals surface area contributed by atoms with Crippen molar-refractivity contribution < 1.29 is 14.6 Å². The Morgan fingerprint density at radius 2 is 1.75 bits per heavy atom. The van der Waals surface area contributed by atoms with Crippen LogP contribution in [0.5, 0.6) is 11.5 Å². The summed E-state index contributed by atoms with van der Waals surface area (Å²) in [6.45, 7) is 4.82. The maximum atomic E-state index is 10.1. The Morgan fingerprint density at radius 3 is 2.40 bits per heavy atom. The van der Waals surface area contributed by atoms with Gasteiger partial charge in [-0.3, -0.25) is 0 Å². The van der Waals surface area contributed by atoms with Crippen LogP contribution in [0.1, 0.15) is 24.2 Å². The molecule has 0 saturated heterocycles. The zero-order valence-electron chi connectivity index (χ0n) is 11.9. The van der Waals surface area contributed by atoms with Crippen LogP contribution in [0.2, 0.25) is 0 Å². The Balaban J connectivity index is 1.92. The van der Waals surface area contributed by atoms with Crippen molar-refractivity contribution in [2.75, 3.05) is 13.2 Å². The molecule has 0 aliphatic carbocycles. The monoisotopic (exact) mass is 272 g/mol. The maximum Gasteiger partial charge on any atom is 0.119 e. The second kappa shape index (κ2) is 6.96. The number of rotatable bonds is 6. The molecule has 0 bridgehead atoms. The molecule has 0 saturated carbocycles. The Morgan fingerprint density at radius 1 is 1.00 bits per heavy atom. The number of ether oxygens (including phenoxy) is 2. The number of aliphatic hydroxyl groups excluding tert-OH is 1. The van der Waals surface area contributed by atoms with Crippen LogP contribution in [-0.4, -0.2) is 18.3 Å². The van der Waals surface area contributed by atoms with E-state index in [1.165, 1.54) is 0 Å². The van der Waals surface area contributed by atoms with Gasteiger partial charge in [-0.15, -0.1) is 0 Å². The summed E-state index contributed by atoms with van der Waals surface area (Å²) in [4.78, 5) is 0. The van der Waals surface area contributed by atoms with E-state index in [1.54, 1.807) is 0 Å². The van der Waals surface area contributed by atoms with Gasteiger partial charge in [0.2, 0.25) is 0 Å². The van der Waals surface area contributed by atoms with E-state index in [-0.39, 0.29) is 6.61 Å². The molecular formula is C17H20O3. The molecule has 1 unspecified atom stereocenters. The predicted molar refractivity (Wildman–Crippen MR) is 79.2 cm³/mol. The number of hydrogen-bond donors (Lipinski definition) is 1. The van der Waals surface area contributed by atoms with Crippen LogP contribution in [0, 0.1) is 6.92 Å². The van der Waals surface area contributed by atoms with Crippen LogP contribution in [0.15, 0.2) is 48.5 Å². The molecule has 0 fully saturated rings. The van der Waals surface area contributed by atoms with Gasteiger partial charge in [-0.25, -0.2) is 0 Å². The first-order valence-electron chi connectivity index (χ1n) is 6.79. The quantitative estimate of drug-likeness (QED) is 0.874.